The molecular formula is C16H23BO4. The van der Waals surface area contributed by atoms with Crippen LogP contribution in [0.4, 0.5) is 0 Å². The topological polar surface area (TPSA) is 44.8 Å². The molecular weight excluding hydrogens is 267 g/mol. The number of carbonyl (C=O) groups is 1. The van der Waals surface area contributed by atoms with Crippen molar-refractivity contribution >= 4 is 18.9 Å². The number of aldehydes is 1. The van der Waals surface area contributed by atoms with Gasteiger partial charge in [0.15, 0.2) is 0 Å². The van der Waals surface area contributed by atoms with Crippen LogP contribution in [0.3, 0.4) is 0 Å². The predicted octanol–water partition coefficient (Wildman–Crippen LogP) is 2.33. The van der Waals surface area contributed by atoms with Crippen LogP contribution in [0.15, 0.2) is 18.2 Å². The lowest BCUT2D eigenvalue weighted by Crippen LogP contribution is -2.41. The van der Waals surface area contributed by atoms with E-state index in [2.05, 4.69) is 0 Å². The standard InChI is InChI=1S/C16H23BO4/c1-6-19-11-13-9-12(10-18)7-8-14(13)17-20-15(2,3)16(4,5)21-17/h7-10H,6,11H2,1-5H3. The Morgan fingerprint density at radius 1 is 1.19 bits per heavy atom. The molecule has 0 N–H and O–H groups in total. The van der Waals surface area contributed by atoms with Crippen molar-refractivity contribution in [3.63, 3.8) is 0 Å². The zero-order valence-electron chi connectivity index (χ0n) is 13.4. The minimum Gasteiger partial charge on any atom is -0.399 e. The maximum absolute atomic E-state index is 11.0. The van der Waals surface area contributed by atoms with Crippen molar-refractivity contribution in [1.82, 2.24) is 0 Å². The third-order valence-corrected chi connectivity index (χ3v) is 4.27. The number of ether oxygens (including phenoxy) is 1. The van der Waals surface area contributed by atoms with E-state index in [0.717, 1.165) is 17.3 Å². The lowest BCUT2D eigenvalue weighted by atomic mass is 9.75. The molecule has 0 amide bonds. The highest BCUT2D eigenvalue weighted by Gasteiger charge is 2.52. The van der Waals surface area contributed by atoms with Gasteiger partial charge in [-0.3, -0.25) is 4.79 Å². The number of hydrogen-bond acceptors (Lipinski definition) is 4. The molecule has 5 heteroatoms. The highest BCUT2D eigenvalue weighted by molar-refractivity contribution is 6.62. The van der Waals surface area contributed by atoms with Gasteiger partial charge in [0.05, 0.1) is 17.8 Å². The molecule has 4 nitrogen and oxygen atoms in total. The van der Waals surface area contributed by atoms with Crippen LogP contribution in [-0.2, 0) is 20.7 Å². The third kappa shape index (κ3) is 3.20. The molecule has 0 aromatic heterocycles. The van der Waals surface area contributed by atoms with E-state index in [1.165, 1.54) is 0 Å². The first kappa shape index (κ1) is 16.2. The minimum atomic E-state index is -0.439. The fraction of sp³-hybridized carbons (Fsp3) is 0.562. The first-order valence-corrected chi connectivity index (χ1v) is 7.32. The van der Waals surface area contributed by atoms with Crippen LogP contribution < -0.4 is 5.46 Å². The Labute approximate surface area is 126 Å². The van der Waals surface area contributed by atoms with Crippen molar-refractivity contribution in [2.45, 2.75) is 52.4 Å². The van der Waals surface area contributed by atoms with Gasteiger partial charge in [-0.05, 0) is 51.7 Å². The van der Waals surface area contributed by atoms with Gasteiger partial charge in [-0.2, -0.15) is 0 Å². The van der Waals surface area contributed by atoms with Gasteiger partial charge in [-0.1, -0.05) is 12.1 Å². The molecule has 1 aliphatic heterocycles. The lowest BCUT2D eigenvalue weighted by Gasteiger charge is -2.32. The summed E-state index contributed by atoms with van der Waals surface area (Å²) in [4.78, 5) is 11.0. The normalized spacial score (nSPS) is 19.8. The molecule has 0 saturated carbocycles. The van der Waals surface area contributed by atoms with Gasteiger partial charge in [0.2, 0.25) is 0 Å². The quantitative estimate of drug-likeness (QED) is 0.617. The highest BCUT2D eigenvalue weighted by Crippen LogP contribution is 2.36. The second kappa shape index (κ2) is 5.91. The molecule has 2 rings (SSSR count). The Morgan fingerprint density at radius 2 is 1.81 bits per heavy atom. The molecule has 0 aliphatic carbocycles. The van der Waals surface area contributed by atoms with E-state index in [0.29, 0.717) is 18.8 Å². The Hall–Kier alpha value is -1.17. The Kier molecular flexibility index (Phi) is 4.56. The minimum absolute atomic E-state index is 0.385. The SMILES string of the molecule is CCOCc1cc(C=O)ccc1B1OC(C)(C)C(C)(C)O1. The molecule has 1 aliphatic rings. The first-order valence-electron chi connectivity index (χ1n) is 7.32. The Balaban J connectivity index is 2.33. The van der Waals surface area contributed by atoms with Crippen LogP contribution in [0.1, 0.15) is 50.5 Å². The Bertz CT molecular complexity index is 509. The van der Waals surface area contributed by atoms with E-state index in [9.17, 15) is 4.79 Å². The summed E-state index contributed by atoms with van der Waals surface area (Å²) in [5, 5.41) is 0. The molecule has 0 unspecified atom stereocenters. The van der Waals surface area contributed by atoms with Crippen LogP contribution in [0.5, 0.6) is 0 Å². The molecule has 0 spiro atoms. The summed E-state index contributed by atoms with van der Waals surface area (Å²) >= 11 is 0. The first-order chi connectivity index (χ1) is 9.80. The van der Waals surface area contributed by atoms with Crippen molar-refractivity contribution in [2.75, 3.05) is 6.61 Å². The average molecular weight is 290 g/mol. The summed E-state index contributed by atoms with van der Waals surface area (Å²) in [6, 6.07) is 5.51. The number of rotatable bonds is 5. The van der Waals surface area contributed by atoms with Crippen LogP contribution in [-0.4, -0.2) is 31.2 Å². The summed E-state index contributed by atoms with van der Waals surface area (Å²) in [5.74, 6) is 0. The van der Waals surface area contributed by atoms with Crippen molar-refractivity contribution < 1.29 is 18.8 Å². The average Bonchev–Trinajstić information content (AvgIpc) is 2.64. The van der Waals surface area contributed by atoms with Gasteiger partial charge >= 0.3 is 7.12 Å². The zero-order chi connectivity index (χ0) is 15.7. The maximum atomic E-state index is 11.0. The summed E-state index contributed by atoms with van der Waals surface area (Å²) in [6.45, 7) is 11.1. The molecule has 1 aromatic carbocycles. The zero-order valence-corrected chi connectivity index (χ0v) is 13.4. The second-order valence-electron chi connectivity index (χ2n) is 6.30. The van der Waals surface area contributed by atoms with Gasteiger partial charge in [-0.25, -0.2) is 0 Å². The molecule has 1 fully saturated rings. The van der Waals surface area contributed by atoms with E-state index < -0.39 is 7.12 Å². The molecule has 0 atom stereocenters. The van der Waals surface area contributed by atoms with Crippen molar-refractivity contribution in [2.24, 2.45) is 0 Å². The van der Waals surface area contributed by atoms with E-state index in [1.54, 1.807) is 6.07 Å². The largest absolute Gasteiger partial charge is 0.495 e. The van der Waals surface area contributed by atoms with Crippen molar-refractivity contribution in [3.05, 3.63) is 29.3 Å². The van der Waals surface area contributed by atoms with E-state index in [1.807, 2.05) is 46.8 Å². The van der Waals surface area contributed by atoms with Gasteiger partial charge in [0, 0.05) is 12.2 Å². The summed E-state index contributed by atoms with van der Waals surface area (Å²) in [7, 11) is -0.439. The smallest absolute Gasteiger partial charge is 0.399 e. The lowest BCUT2D eigenvalue weighted by molar-refractivity contribution is 0.00578. The van der Waals surface area contributed by atoms with E-state index in [4.69, 9.17) is 14.0 Å². The summed E-state index contributed by atoms with van der Waals surface area (Å²) in [6.07, 6.45) is 0.837. The molecule has 114 valence electrons. The van der Waals surface area contributed by atoms with Crippen LogP contribution in [0, 0.1) is 0 Å². The molecule has 1 saturated heterocycles. The molecule has 1 aromatic rings. The van der Waals surface area contributed by atoms with Gasteiger partial charge < -0.3 is 14.0 Å². The van der Waals surface area contributed by atoms with Crippen LogP contribution >= 0.6 is 0 Å². The third-order valence-electron chi connectivity index (χ3n) is 4.27. The van der Waals surface area contributed by atoms with Crippen LogP contribution in [0.25, 0.3) is 0 Å². The monoisotopic (exact) mass is 290 g/mol. The maximum Gasteiger partial charge on any atom is 0.495 e. The van der Waals surface area contributed by atoms with Gasteiger partial charge in [-0.15, -0.1) is 0 Å². The summed E-state index contributed by atoms with van der Waals surface area (Å²) in [5.41, 5.74) is 1.71. The van der Waals surface area contributed by atoms with E-state index >= 15 is 0 Å². The fourth-order valence-electron chi connectivity index (χ4n) is 2.24. The second-order valence-corrected chi connectivity index (χ2v) is 6.30. The molecule has 21 heavy (non-hydrogen) atoms. The molecule has 0 bridgehead atoms. The predicted molar refractivity (Wildman–Crippen MR) is 82.9 cm³/mol. The summed E-state index contributed by atoms with van der Waals surface area (Å²) < 4.78 is 17.7. The van der Waals surface area contributed by atoms with Gasteiger partial charge in [0.1, 0.15) is 6.29 Å². The number of carbonyl (C=O) groups excluding carboxylic acids is 1. The van der Waals surface area contributed by atoms with Crippen molar-refractivity contribution in [3.8, 4) is 0 Å². The van der Waals surface area contributed by atoms with Gasteiger partial charge in [0.25, 0.3) is 0 Å². The highest BCUT2D eigenvalue weighted by atomic mass is 16.7. The molecule has 1 heterocycles. The number of hydrogen-bond donors (Lipinski definition) is 0. The molecule has 0 radical (unpaired) electrons. The number of benzene rings is 1. The van der Waals surface area contributed by atoms with Crippen LogP contribution in [0.2, 0.25) is 0 Å². The van der Waals surface area contributed by atoms with Crippen molar-refractivity contribution in [1.29, 1.82) is 0 Å². The van der Waals surface area contributed by atoms with E-state index in [-0.39, 0.29) is 11.2 Å². The fourth-order valence-corrected chi connectivity index (χ4v) is 2.24. The Morgan fingerprint density at radius 3 is 2.33 bits per heavy atom.